The highest BCUT2D eigenvalue weighted by Gasteiger charge is 2.35. The zero-order valence-electron chi connectivity index (χ0n) is 11.6. The second-order valence-corrected chi connectivity index (χ2v) is 6.14. The Morgan fingerprint density at radius 2 is 1.88 bits per heavy atom. The topological polar surface area (TPSA) is 32.5 Å². The summed E-state index contributed by atoms with van der Waals surface area (Å²) in [6, 6.07) is 1.41. The zero-order chi connectivity index (χ0) is 12.3. The minimum Gasteiger partial charge on any atom is -0.329 e. The lowest BCUT2D eigenvalue weighted by Gasteiger charge is -2.37. The van der Waals surface area contributed by atoms with Crippen LogP contribution in [0.25, 0.3) is 0 Å². The molecule has 0 bridgehead atoms. The van der Waals surface area contributed by atoms with Gasteiger partial charge < -0.3 is 10.6 Å². The van der Waals surface area contributed by atoms with Crippen LogP contribution in [0.5, 0.6) is 0 Å². The number of likely N-dealkylation sites (tertiary alicyclic amines) is 1. The van der Waals surface area contributed by atoms with Crippen molar-refractivity contribution in [2.24, 2.45) is 11.7 Å². The van der Waals surface area contributed by atoms with Crippen molar-refractivity contribution < 1.29 is 0 Å². The Morgan fingerprint density at radius 1 is 1.18 bits per heavy atom. The highest BCUT2D eigenvalue weighted by Crippen LogP contribution is 2.33. The highest BCUT2D eigenvalue weighted by atomic mass is 15.2. The van der Waals surface area contributed by atoms with Gasteiger partial charge in [0, 0.05) is 25.2 Å². The van der Waals surface area contributed by atoms with Crippen LogP contribution in [0.1, 0.15) is 38.5 Å². The number of nitrogens with zero attached hydrogens (tertiary/aromatic N) is 2. The Morgan fingerprint density at radius 3 is 2.47 bits per heavy atom. The number of hydrogen-bond acceptors (Lipinski definition) is 3. The molecule has 100 valence electrons. The first-order valence-corrected chi connectivity index (χ1v) is 7.33. The Balaban J connectivity index is 1.96. The third-order valence-corrected chi connectivity index (χ3v) is 4.61. The monoisotopic (exact) mass is 239 g/mol. The molecule has 1 saturated heterocycles. The molecule has 2 aliphatic rings. The van der Waals surface area contributed by atoms with Gasteiger partial charge in [-0.25, -0.2) is 0 Å². The van der Waals surface area contributed by atoms with E-state index in [2.05, 4.69) is 23.9 Å². The Bertz CT molecular complexity index is 224. The SMILES string of the molecule is CN(C)CC1CCCN1C(CN)C1CCCC1. The van der Waals surface area contributed by atoms with Gasteiger partial charge in [-0.05, 0) is 52.2 Å². The van der Waals surface area contributed by atoms with E-state index in [9.17, 15) is 0 Å². The number of nitrogens with two attached hydrogens (primary N) is 1. The Kier molecular flexibility index (Phi) is 4.83. The second kappa shape index (κ2) is 6.17. The van der Waals surface area contributed by atoms with Crippen LogP contribution in [0, 0.1) is 5.92 Å². The largest absolute Gasteiger partial charge is 0.329 e. The predicted molar refractivity (Wildman–Crippen MR) is 73.1 cm³/mol. The lowest BCUT2D eigenvalue weighted by molar-refractivity contribution is 0.115. The lowest BCUT2D eigenvalue weighted by atomic mass is 9.96. The summed E-state index contributed by atoms with van der Waals surface area (Å²) in [5.41, 5.74) is 6.07. The lowest BCUT2D eigenvalue weighted by Crippen LogP contribution is -2.50. The van der Waals surface area contributed by atoms with Gasteiger partial charge in [-0.2, -0.15) is 0 Å². The fourth-order valence-electron chi connectivity index (χ4n) is 3.85. The summed E-state index contributed by atoms with van der Waals surface area (Å²) in [5, 5.41) is 0. The molecule has 0 radical (unpaired) electrons. The Hall–Kier alpha value is -0.120. The molecule has 2 atom stereocenters. The van der Waals surface area contributed by atoms with Gasteiger partial charge >= 0.3 is 0 Å². The molecule has 2 fully saturated rings. The van der Waals surface area contributed by atoms with Crippen LogP contribution in [0.3, 0.4) is 0 Å². The normalized spacial score (nSPS) is 29.3. The smallest absolute Gasteiger partial charge is 0.0250 e. The van der Waals surface area contributed by atoms with E-state index in [-0.39, 0.29) is 0 Å². The van der Waals surface area contributed by atoms with Gasteiger partial charge in [-0.15, -0.1) is 0 Å². The predicted octanol–water partition coefficient (Wildman–Crippen LogP) is 1.53. The molecule has 2 unspecified atom stereocenters. The summed E-state index contributed by atoms with van der Waals surface area (Å²) in [4.78, 5) is 5.06. The highest BCUT2D eigenvalue weighted by molar-refractivity contribution is 4.91. The fraction of sp³-hybridized carbons (Fsp3) is 1.00. The van der Waals surface area contributed by atoms with Gasteiger partial charge in [0.2, 0.25) is 0 Å². The average Bonchev–Trinajstić information content (AvgIpc) is 2.91. The second-order valence-electron chi connectivity index (χ2n) is 6.14. The van der Waals surface area contributed by atoms with Crippen LogP contribution < -0.4 is 5.73 Å². The quantitative estimate of drug-likeness (QED) is 0.790. The van der Waals surface area contributed by atoms with Gasteiger partial charge in [-0.1, -0.05) is 12.8 Å². The summed E-state index contributed by atoms with van der Waals surface area (Å²) < 4.78 is 0. The minimum atomic E-state index is 0.657. The van der Waals surface area contributed by atoms with Crippen LogP contribution in [0.4, 0.5) is 0 Å². The zero-order valence-corrected chi connectivity index (χ0v) is 11.6. The van der Waals surface area contributed by atoms with Crippen LogP contribution in [0.2, 0.25) is 0 Å². The van der Waals surface area contributed by atoms with Crippen molar-refractivity contribution >= 4 is 0 Å². The third-order valence-electron chi connectivity index (χ3n) is 4.61. The molecule has 1 saturated carbocycles. The van der Waals surface area contributed by atoms with E-state index in [4.69, 9.17) is 5.73 Å². The first kappa shape index (κ1) is 13.3. The maximum atomic E-state index is 6.07. The van der Waals surface area contributed by atoms with Gasteiger partial charge in [0.25, 0.3) is 0 Å². The molecule has 0 spiro atoms. The van der Waals surface area contributed by atoms with Crippen molar-refractivity contribution in [2.75, 3.05) is 33.7 Å². The minimum absolute atomic E-state index is 0.657. The third kappa shape index (κ3) is 3.21. The van der Waals surface area contributed by atoms with E-state index in [1.165, 1.54) is 51.6 Å². The van der Waals surface area contributed by atoms with Crippen molar-refractivity contribution in [3.63, 3.8) is 0 Å². The standard InChI is InChI=1S/C14H29N3/c1-16(2)11-13-8-5-9-17(13)14(10-15)12-6-3-4-7-12/h12-14H,3-11,15H2,1-2H3. The van der Waals surface area contributed by atoms with Gasteiger partial charge in [-0.3, -0.25) is 4.90 Å². The summed E-state index contributed by atoms with van der Waals surface area (Å²) in [6.45, 7) is 3.33. The van der Waals surface area contributed by atoms with Crippen molar-refractivity contribution in [1.29, 1.82) is 0 Å². The summed E-state index contributed by atoms with van der Waals surface area (Å²) in [5.74, 6) is 0.878. The number of likely N-dealkylation sites (N-methyl/N-ethyl adjacent to an activating group) is 1. The van der Waals surface area contributed by atoms with Crippen molar-refractivity contribution in [2.45, 2.75) is 50.6 Å². The molecule has 0 amide bonds. The summed E-state index contributed by atoms with van der Waals surface area (Å²) in [6.07, 6.45) is 8.39. The maximum Gasteiger partial charge on any atom is 0.0250 e. The number of rotatable bonds is 5. The van der Waals surface area contributed by atoms with Crippen LogP contribution >= 0.6 is 0 Å². The molecular weight excluding hydrogens is 210 g/mol. The fourth-order valence-corrected chi connectivity index (χ4v) is 3.85. The molecule has 17 heavy (non-hydrogen) atoms. The Labute approximate surface area is 106 Å². The van der Waals surface area contributed by atoms with E-state index >= 15 is 0 Å². The van der Waals surface area contributed by atoms with Crippen molar-refractivity contribution in [1.82, 2.24) is 9.80 Å². The van der Waals surface area contributed by atoms with Crippen LogP contribution in [-0.4, -0.2) is 55.6 Å². The van der Waals surface area contributed by atoms with E-state index in [1.54, 1.807) is 0 Å². The van der Waals surface area contributed by atoms with Gasteiger partial charge in [0.1, 0.15) is 0 Å². The van der Waals surface area contributed by atoms with E-state index in [0.29, 0.717) is 6.04 Å². The maximum absolute atomic E-state index is 6.07. The molecule has 2 N–H and O–H groups in total. The molecule has 0 aromatic heterocycles. The summed E-state index contributed by atoms with van der Waals surface area (Å²) in [7, 11) is 4.37. The first-order valence-electron chi connectivity index (χ1n) is 7.33. The van der Waals surface area contributed by atoms with Gasteiger partial charge in [0.05, 0.1) is 0 Å². The van der Waals surface area contributed by atoms with Crippen molar-refractivity contribution in [3.05, 3.63) is 0 Å². The molecule has 3 heteroatoms. The van der Waals surface area contributed by atoms with E-state index in [0.717, 1.165) is 18.5 Å². The van der Waals surface area contributed by atoms with Crippen LogP contribution in [0.15, 0.2) is 0 Å². The van der Waals surface area contributed by atoms with Crippen LogP contribution in [-0.2, 0) is 0 Å². The summed E-state index contributed by atoms with van der Waals surface area (Å²) >= 11 is 0. The van der Waals surface area contributed by atoms with E-state index < -0.39 is 0 Å². The van der Waals surface area contributed by atoms with Gasteiger partial charge in [0.15, 0.2) is 0 Å². The van der Waals surface area contributed by atoms with E-state index in [1.807, 2.05) is 0 Å². The van der Waals surface area contributed by atoms with Crippen molar-refractivity contribution in [3.8, 4) is 0 Å². The molecule has 2 rings (SSSR count). The molecule has 0 aromatic carbocycles. The molecule has 1 aliphatic carbocycles. The average molecular weight is 239 g/mol. The number of hydrogen-bond donors (Lipinski definition) is 1. The molecule has 1 heterocycles. The first-order chi connectivity index (χ1) is 8.22. The molecule has 3 nitrogen and oxygen atoms in total. The molecule has 1 aliphatic heterocycles. The molecule has 0 aromatic rings. The molecular formula is C14H29N3.